The largest absolute Gasteiger partial charge is 0.306 e. The average Bonchev–Trinajstić information content (AvgIpc) is 2.64. The first-order valence-electron chi connectivity index (χ1n) is 5.87. The number of pyridine rings is 1. The van der Waals surface area contributed by atoms with E-state index in [0.29, 0.717) is 10.7 Å². The van der Waals surface area contributed by atoms with Gasteiger partial charge in [-0.1, -0.05) is 6.07 Å². The zero-order valence-electron chi connectivity index (χ0n) is 11.1. The monoisotopic (exact) mass is 277 g/mol. The molecule has 5 nitrogen and oxygen atoms in total. The van der Waals surface area contributed by atoms with Gasteiger partial charge in [0, 0.05) is 16.6 Å². The predicted octanol–water partition coefficient (Wildman–Crippen LogP) is 1.87. The van der Waals surface area contributed by atoms with Gasteiger partial charge in [-0.15, -0.1) is 11.3 Å². The predicted molar refractivity (Wildman–Crippen MR) is 75.7 cm³/mol. The van der Waals surface area contributed by atoms with E-state index >= 15 is 0 Å². The first-order valence-corrected chi connectivity index (χ1v) is 6.69. The number of thiazole rings is 1. The van der Waals surface area contributed by atoms with E-state index < -0.39 is 0 Å². The number of carbonyl (C=O) groups is 1. The summed E-state index contributed by atoms with van der Waals surface area (Å²) in [6.45, 7) is 5.57. The maximum atomic E-state index is 11.9. The Hall–Kier alpha value is -1.95. The standard InChI is InChI=1S/C13H15N3O2S/c1-8-5-4-6-16(12(8)18)7-11(17)15-13-14-9(2)10(3)19-13/h4-6H,7H2,1-3H3,(H,14,15,17). The van der Waals surface area contributed by atoms with Gasteiger partial charge < -0.3 is 9.88 Å². The molecule has 0 aromatic carbocycles. The van der Waals surface area contributed by atoms with Crippen molar-refractivity contribution in [2.24, 2.45) is 0 Å². The Morgan fingerprint density at radius 2 is 2.16 bits per heavy atom. The molecule has 0 radical (unpaired) electrons. The second kappa shape index (κ2) is 5.36. The van der Waals surface area contributed by atoms with Gasteiger partial charge in [-0.3, -0.25) is 9.59 Å². The summed E-state index contributed by atoms with van der Waals surface area (Å²) in [5.41, 5.74) is 1.38. The van der Waals surface area contributed by atoms with Crippen molar-refractivity contribution in [3.63, 3.8) is 0 Å². The molecule has 0 bridgehead atoms. The van der Waals surface area contributed by atoms with Gasteiger partial charge in [0.2, 0.25) is 5.91 Å². The number of nitrogens with one attached hydrogen (secondary N) is 1. The Kier molecular flexibility index (Phi) is 3.80. The van der Waals surface area contributed by atoms with Crippen LogP contribution in [0.25, 0.3) is 0 Å². The fraction of sp³-hybridized carbons (Fsp3) is 0.308. The Morgan fingerprint density at radius 1 is 1.42 bits per heavy atom. The van der Waals surface area contributed by atoms with Crippen molar-refractivity contribution >= 4 is 22.4 Å². The topological polar surface area (TPSA) is 64.0 Å². The molecule has 1 N–H and O–H groups in total. The van der Waals surface area contributed by atoms with Crippen LogP contribution in [-0.2, 0) is 11.3 Å². The van der Waals surface area contributed by atoms with Gasteiger partial charge in [0.15, 0.2) is 5.13 Å². The van der Waals surface area contributed by atoms with Gasteiger partial charge in [-0.05, 0) is 26.8 Å². The first-order chi connectivity index (χ1) is 8.97. The molecule has 2 rings (SSSR count). The van der Waals surface area contributed by atoms with Gasteiger partial charge in [0.05, 0.1) is 5.69 Å². The first kappa shape index (κ1) is 13.5. The van der Waals surface area contributed by atoms with E-state index in [-0.39, 0.29) is 18.0 Å². The minimum absolute atomic E-state index is 0.00180. The van der Waals surface area contributed by atoms with E-state index in [9.17, 15) is 9.59 Å². The third kappa shape index (κ3) is 3.08. The highest BCUT2D eigenvalue weighted by Gasteiger charge is 2.09. The lowest BCUT2D eigenvalue weighted by molar-refractivity contribution is -0.116. The lowest BCUT2D eigenvalue weighted by atomic mass is 10.3. The summed E-state index contributed by atoms with van der Waals surface area (Å²) in [6.07, 6.45) is 1.60. The van der Waals surface area contributed by atoms with Crippen molar-refractivity contribution in [1.29, 1.82) is 0 Å². The molecular weight excluding hydrogens is 262 g/mol. The van der Waals surface area contributed by atoms with E-state index in [0.717, 1.165) is 10.6 Å². The number of hydrogen-bond donors (Lipinski definition) is 1. The number of carbonyl (C=O) groups excluding carboxylic acids is 1. The van der Waals surface area contributed by atoms with Crippen LogP contribution in [0.2, 0.25) is 0 Å². The summed E-state index contributed by atoms with van der Waals surface area (Å²) < 4.78 is 1.39. The highest BCUT2D eigenvalue weighted by Crippen LogP contribution is 2.20. The molecule has 0 saturated carbocycles. The summed E-state index contributed by atoms with van der Waals surface area (Å²) in [4.78, 5) is 28.9. The minimum atomic E-state index is -0.249. The van der Waals surface area contributed by atoms with Crippen LogP contribution in [-0.4, -0.2) is 15.5 Å². The molecule has 0 spiro atoms. The van der Waals surface area contributed by atoms with Crippen LogP contribution in [0, 0.1) is 20.8 Å². The molecule has 0 unspecified atom stereocenters. The number of rotatable bonds is 3. The fourth-order valence-corrected chi connectivity index (χ4v) is 2.45. The molecule has 0 aliphatic rings. The summed E-state index contributed by atoms with van der Waals surface area (Å²) in [5.74, 6) is -0.249. The average molecular weight is 277 g/mol. The van der Waals surface area contributed by atoms with E-state index in [1.807, 2.05) is 13.8 Å². The molecule has 100 valence electrons. The number of aromatic nitrogens is 2. The third-order valence-electron chi connectivity index (χ3n) is 2.80. The minimum Gasteiger partial charge on any atom is -0.306 e. The van der Waals surface area contributed by atoms with Crippen molar-refractivity contribution in [3.05, 3.63) is 44.8 Å². The van der Waals surface area contributed by atoms with Crippen molar-refractivity contribution in [2.75, 3.05) is 5.32 Å². The molecule has 2 aromatic rings. The van der Waals surface area contributed by atoms with E-state index in [1.54, 1.807) is 25.3 Å². The number of aryl methyl sites for hydroxylation is 3. The summed E-state index contributed by atoms with van der Waals surface area (Å²) in [7, 11) is 0. The van der Waals surface area contributed by atoms with Gasteiger partial charge in [0.1, 0.15) is 6.54 Å². The highest BCUT2D eigenvalue weighted by molar-refractivity contribution is 7.15. The van der Waals surface area contributed by atoms with Crippen LogP contribution in [0.1, 0.15) is 16.1 Å². The van der Waals surface area contributed by atoms with Crippen LogP contribution in [0.3, 0.4) is 0 Å². The molecule has 0 aliphatic carbocycles. The molecule has 0 aliphatic heterocycles. The maximum absolute atomic E-state index is 11.9. The van der Waals surface area contributed by atoms with Crippen molar-refractivity contribution < 1.29 is 4.79 Å². The Labute approximate surface area is 114 Å². The van der Waals surface area contributed by atoms with Crippen molar-refractivity contribution in [3.8, 4) is 0 Å². The van der Waals surface area contributed by atoms with E-state index in [2.05, 4.69) is 10.3 Å². The molecule has 2 heterocycles. The molecule has 0 fully saturated rings. The second-order valence-electron chi connectivity index (χ2n) is 4.33. The molecule has 1 amide bonds. The SMILES string of the molecule is Cc1nc(NC(=O)Cn2cccc(C)c2=O)sc1C. The highest BCUT2D eigenvalue weighted by atomic mass is 32.1. The maximum Gasteiger partial charge on any atom is 0.253 e. The van der Waals surface area contributed by atoms with Crippen LogP contribution >= 0.6 is 11.3 Å². The number of anilines is 1. The molecule has 2 aromatic heterocycles. The molecule has 19 heavy (non-hydrogen) atoms. The molecular formula is C13H15N3O2S. The van der Waals surface area contributed by atoms with Crippen LogP contribution in [0.15, 0.2) is 23.1 Å². The van der Waals surface area contributed by atoms with Crippen molar-refractivity contribution in [1.82, 2.24) is 9.55 Å². The van der Waals surface area contributed by atoms with E-state index in [1.165, 1.54) is 15.9 Å². The summed E-state index contributed by atoms with van der Waals surface area (Å²) >= 11 is 1.43. The lowest BCUT2D eigenvalue weighted by Crippen LogP contribution is -2.28. The molecule has 0 atom stereocenters. The summed E-state index contributed by atoms with van der Waals surface area (Å²) in [5, 5.41) is 3.28. The van der Waals surface area contributed by atoms with Crippen LogP contribution in [0.4, 0.5) is 5.13 Å². The zero-order valence-corrected chi connectivity index (χ0v) is 11.9. The number of nitrogens with zero attached hydrogens (tertiary/aromatic N) is 2. The van der Waals surface area contributed by atoms with E-state index in [4.69, 9.17) is 0 Å². The van der Waals surface area contributed by atoms with Crippen molar-refractivity contribution in [2.45, 2.75) is 27.3 Å². The quantitative estimate of drug-likeness (QED) is 0.931. The van der Waals surface area contributed by atoms with Gasteiger partial charge in [-0.25, -0.2) is 4.98 Å². The van der Waals surface area contributed by atoms with Gasteiger partial charge >= 0.3 is 0 Å². The Bertz CT molecular complexity index is 653. The summed E-state index contributed by atoms with van der Waals surface area (Å²) in [6, 6.07) is 3.48. The van der Waals surface area contributed by atoms with Crippen LogP contribution < -0.4 is 10.9 Å². The zero-order chi connectivity index (χ0) is 14.0. The number of amides is 1. The van der Waals surface area contributed by atoms with Gasteiger partial charge in [-0.2, -0.15) is 0 Å². The second-order valence-corrected chi connectivity index (χ2v) is 5.54. The molecule has 6 heteroatoms. The van der Waals surface area contributed by atoms with Crippen LogP contribution in [0.5, 0.6) is 0 Å². The third-order valence-corrected chi connectivity index (χ3v) is 3.79. The Morgan fingerprint density at radius 3 is 2.79 bits per heavy atom. The van der Waals surface area contributed by atoms with Gasteiger partial charge in [0.25, 0.3) is 5.56 Å². The molecule has 0 saturated heterocycles. The number of hydrogen-bond acceptors (Lipinski definition) is 4. The normalized spacial score (nSPS) is 10.5. The fourth-order valence-electron chi connectivity index (χ4n) is 1.62. The Balaban J connectivity index is 2.09. The lowest BCUT2D eigenvalue weighted by Gasteiger charge is -2.05. The smallest absolute Gasteiger partial charge is 0.253 e.